The van der Waals surface area contributed by atoms with Gasteiger partial charge in [-0.05, 0) is 47.3 Å². The third-order valence-corrected chi connectivity index (χ3v) is 3.63. The maximum Gasteiger partial charge on any atom is 0.0327 e. The van der Waals surface area contributed by atoms with Gasteiger partial charge in [0, 0.05) is 15.9 Å². The topological polar surface area (TPSA) is 12.0 Å². The molecule has 0 saturated carbocycles. The van der Waals surface area contributed by atoms with E-state index in [2.05, 4.69) is 51.8 Å². The summed E-state index contributed by atoms with van der Waals surface area (Å²) < 4.78 is 1.22. The number of thiophene rings is 1. The van der Waals surface area contributed by atoms with Gasteiger partial charge >= 0.3 is 0 Å². The maximum absolute atomic E-state index is 3.51. The van der Waals surface area contributed by atoms with Crippen molar-refractivity contribution >= 4 is 27.3 Å². The van der Waals surface area contributed by atoms with E-state index in [0.29, 0.717) is 0 Å². The smallest absolute Gasteiger partial charge is 0.0327 e. The molecule has 0 amide bonds. The lowest BCUT2D eigenvalue weighted by Gasteiger charge is -2.00. The summed E-state index contributed by atoms with van der Waals surface area (Å²) in [5.41, 5.74) is 0. The summed E-state index contributed by atoms with van der Waals surface area (Å²) in [7, 11) is 0. The van der Waals surface area contributed by atoms with Crippen molar-refractivity contribution < 1.29 is 0 Å². The fourth-order valence-corrected chi connectivity index (χ4v) is 2.47. The second kappa shape index (κ2) is 6.35. The molecule has 72 valence electrons. The zero-order valence-electron chi connectivity index (χ0n) is 7.72. The molecule has 1 aromatic rings. The Hall–Kier alpha value is -0.120. The standard InChI is InChI=1S/C10H14BrNS/c1-2-3-4-6-12-8-10-9(11)5-7-13-10/h2-3,5,7,12H,4,6,8H2,1H3/b3-2+. The highest BCUT2D eigenvalue weighted by atomic mass is 79.9. The Bertz CT molecular complexity index is 268. The van der Waals surface area contributed by atoms with Gasteiger partial charge in [-0.25, -0.2) is 0 Å². The highest BCUT2D eigenvalue weighted by Crippen LogP contribution is 2.21. The summed E-state index contributed by atoms with van der Waals surface area (Å²) in [6.07, 6.45) is 5.37. The highest BCUT2D eigenvalue weighted by Gasteiger charge is 1.98. The van der Waals surface area contributed by atoms with Crippen LogP contribution in [0.1, 0.15) is 18.2 Å². The normalized spacial score (nSPS) is 11.2. The van der Waals surface area contributed by atoms with Crippen molar-refractivity contribution in [3.63, 3.8) is 0 Å². The quantitative estimate of drug-likeness (QED) is 0.630. The summed E-state index contributed by atoms with van der Waals surface area (Å²) in [5.74, 6) is 0. The van der Waals surface area contributed by atoms with E-state index in [0.717, 1.165) is 19.5 Å². The molecule has 1 heterocycles. The molecule has 0 aromatic carbocycles. The molecular formula is C10H14BrNS. The zero-order chi connectivity index (χ0) is 9.52. The number of rotatable bonds is 5. The summed E-state index contributed by atoms with van der Waals surface area (Å²) in [4.78, 5) is 1.38. The van der Waals surface area contributed by atoms with Crippen LogP contribution in [0.4, 0.5) is 0 Å². The third-order valence-electron chi connectivity index (χ3n) is 1.70. The predicted octanol–water partition coefficient (Wildman–Crippen LogP) is 3.57. The number of hydrogen-bond acceptors (Lipinski definition) is 2. The molecule has 0 spiro atoms. The van der Waals surface area contributed by atoms with Crippen LogP contribution in [0, 0.1) is 0 Å². The molecule has 0 bridgehead atoms. The van der Waals surface area contributed by atoms with E-state index in [1.54, 1.807) is 11.3 Å². The first kappa shape index (κ1) is 11.0. The van der Waals surface area contributed by atoms with E-state index >= 15 is 0 Å². The van der Waals surface area contributed by atoms with Crippen molar-refractivity contribution in [2.75, 3.05) is 6.54 Å². The number of hydrogen-bond donors (Lipinski definition) is 1. The molecule has 13 heavy (non-hydrogen) atoms. The Morgan fingerprint density at radius 3 is 3.08 bits per heavy atom. The van der Waals surface area contributed by atoms with Crippen molar-refractivity contribution in [3.8, 4) is 0 Å². The van der Waals surface area contributed by atoms with Crippen LogP contribution in [0.25, 0.3) is 0 Å². The summed E-state index contributed by atoms with van der Waals surface area (Å²) >= 11 is 5.29. The monoisotopic (exact) mass is 259 g/mol. The molecule has 1 nitrogen and oxygen atoms in total. The minimum atomic E-state index is 0.968. The lowest BCUT2D eigenvalue weighted by Crippen LogP contribution is -2.13. The van der Waals surface area contributed by atoms with Gasteiger partial charge < -0.3 is 5.32 Å². The van der Waals surface area contributed by atoms with Gasteiger partial charge in [0.15, 0.2) is 0 Å². The highest BCUT2D eigenvalue weighted by molar-refractivity contribution is 9.10. The van der Waals surface area contributed by atoms with Gasteiger partial charge in [-0.2, -0.15) is 0 Å². The molecule has 3 heteroatoms. The fourth-order valence-electron chi connectivity index (χ4n) is 1.01. The van der Waals surface area contributed by atoms with Crippen molar-refractivity contribution in [1.29, 1.82) is 0 Å². The largest absolute Gasteiger partial charge is 0.312 e. The third kappa shape index (κ3) is 4.07. The molecule has 0 aliphatic rings. The van der Waals surface area contributed by atoms with Crippen molar-refractivity contribution in [3.05, 3.63) is 32.9 Å². The Morgan fingerprint density at radius 2 is 2.46 bits per heavy atom. The van der Waals surface area contributed by atoms with Crippen molar-refractivity contribution in [1.82, 2.24) is 5.32 Å². The molecular weight excluding hydrogens is 246 g/mol. The molecule has 1 rings (SSSR count). The van der Waals surface area contributed by atoms with Gasteiger partial charge in [0.25, 0.3) is 0 Å². The summed E-state index contributed by atoms with van der Waals surface area (Å²) in [6, 6.07) is 2.09. The SMILES string of the molecule is C/C=C/CCNCc1sccc1Br. The van der Waals surface area contributed by atoms with E-state index in [9.17, 15) is 0 Å². The van der Waals surface area contributed by atoms with Crippen LogP contribution in [-0.2, 0) is 6.54 Å². The van der Waals surface area contributed by atoms with Crippen LogP contribution in [0.15, 0.2) is 28.1 Å². The van der Waals surface area contributed by atoms with E-state index in [1.165, 1.54) is 9.35 Å². The molecule has 0 radical (unpaired) electrons. The van der Waals surface area contributed by atoms with E-state index in [-0.39, 0.29) is 0 Å². The molecule has 1 N–H and O–H groups in total. The fraction of sp³-hybridized carbons (Fsp3) is 0.400. The number of halogens is 1. The van der Waals surface area contributed by atoms with Gasteiger partial charge in [-0.1, -0.05) is 12.2 Å². The number of allylic oxidation sites excluding steroid dienone is 1. The first-order valence-electron chi connectivity index (χ1n) is 4.38. The van der Waals surface area contributed by atoms with Gasteiger partial charge in [0.1, 0.15) is 0 Å². The molecule has 0 atom stereocenters. The minimum absolute atomic E-state index is 0.968. The summed E-state index contributed by atoms with van der Waals surface area (Å²) in [5, 5.41) is 5.50. The van der Waals surface area contributed by atoms with Crippen LogP contribution in [0.3, 0.4) is 0 Å². The Balaban J connectivity index is 2.16. The van der Waals surface area contributed by atoms with Gasteiger partial charge in [-0.15, -0.1) is 11.3 Å². The van der Waals surface area contributed by atoms with Crippen LogP contribution in [-0.4, -0.2) is 6.54 Å². The first-order chi connectivity index (χ1) is 6.34. The van der Waals surface area contributed by atoms with Crippen molar-refractivity contribution in [2.45, 2.75) is 19.9 Å². The lowest BCUT2D eigenvalue weighted by molar-refractivity contribution is 0.701. The van der Waals surface area contributed by atoms with Crippen LogP contribution >= 0.6 is 27.3 Å². The van der Waals surface area contributed by atoms with E-state index < -0.39 is 0 Å². The van der Waals surface area contributed by atoms with E-state index in [1.807, 2.05) is 0 Å². The van der Waals surface area contributed by atoms with Crippen LogP contribution < -0.4 is 5.32 Å². The van der Waals surface area contributed by atoms with Gasteiger partial charge in [0.2, 0.25) is 0 Å². The first-order valence-corrected chi connectivity index (χ1v) is 6.05. The van der Waals surface area contributed by atoms with Crippen LogP contribution in [0.2, 0.25) is 0 Å². The van der Waals surface area contributed by atoms with Gasteiger partial charge in [-0.3, -0.25) is 0 Å². The predicted molar refractivity (Wildman–Crippen MR) is 63.2 cm³/mol. The van der Waals surface area contributed by atoms with Crippen LogP contribution in [0.5, 0.6) is 0 Å². The maximum atomic E-state index is 3.51. The lowest BCUT2D eigenvalue weighted by atomic mass is 10.3. The second-order valence-electron chi connectivity index (χ2n) is 2.73. The number of nitrogens with one attached hydrogen (secondary N) is 1. The molecule has 1 aromatic heterocycles. The van der Waals surface area contributed by atoms with E-state index in [4.69, 9.17) is 0 Å². The Kier molecular flexibility index (Phi) is 5.35. The molecule has 0 unspecified atom stereocenters. The molecule has 0 saturated heterocycles. The molecule has 0 aliphatic heterocycles. The van der Waals surface area contributed by atoms with Crippen molar-refractivity contribution in [2.24, 2.45) is 0 Å². The Labute approximate surface area is 92.0 Å². The summed E-state index contributed by atoms with van der Waals surface area (Å²) in [6.45, 7) is 4.07. The minimum Gasteiger partial charge on any atom is -0.312 e. The average Bonchev–Trinajstić information content (AvgIpc) is 2.52. The second-order valence-corrected chi connectivity index (χ2v) is 4.58. The molecule has 0 fully saturated rings. The van der Waals surface area contributed by atoms with Gasteiger partial charge in [0.05, 0.1) is 0 Å². The molecule has 0 aliphatic carbocycles. The zero-order valence-corrected chi connectivity index (χ0v) is 10.1. The average molecular weight is 260 g/mol. The Morgan fingerprint density at radius 1 is 1.62 bits per heavy atom.